The number of benzene rings is 1. The van der Waals surface area contributed by atoms with Crippen LogP contribution in [0.2, 0.25) is 5.02 Å². The zero-order chi connectivity index (χ0) is 18.5. The number of Topliss-reactive ketones (excluding diaryl/α,β-unsaturated/α-hetero) is 1. The quantitative estimate of drug-likeness (QED) is 0.788. The van der Waals surface area contributed by atoms with Crippen LogP contribution in [-0.2, 0) is 14.8 Å². The number of hydrogen-bond donors (Lipinski definition) is 1. The lowest BCUT2D eigenvalue weighted by atomic mass is 10.0. The standard InChI is InChI=1S/C16H15ClN2O4S2/c1-8-9(2)24-16-12(8)13(20)14(25(22,23)19(16)3)15(21)18-11-6-4-5-10(17)7-11/h4-7,14H,1-3H3,(H,18,21). The van der Waals surface area contributed by atoms with Crippen molar-refractivity contribution in [3.63, 3.8) is 0 Å². The fraction of sp³-hybridized carbons (Fsp3) is 0.250. The third-order valence-corrected chi connectivity index (χ3v) is 7.75. The first kappa shape index (κ1) is 17.9. The van der Waals surface area contributed by atoms with Crippen LogP contribution in [-0.4, -0.2) is 32.4 Å². The van der Waals surface area contributed by atoms with Gasteiger partial charge in [-0.3, -0.25) is 13.9 Å². The minimum absolute atomic E-state index is 0.297. The highest BCUT2D eigenvalue weighted by atomic mass is 35.5. The van der Waals surface area contributed by atoms with Gasteiger partial charge in [0.25, 0.3) is 15.9 Å². The highest BCUT2D eigenvalue weighted by molar-refractivity contribution is 7.95. The molecule has 0 bridgehead atoms. The number of nitrogens with one attached hydrogen (secondary N) is 1. The van der Waals surface area contributed by atoms with Gasteiger partial charge in [0, 0.05) is 22.6 Å². The van der Waals surface area contributed by atoms with Crippen molar-refractivity contribution in [2.45, 2.75) is 19.1 Å². The molecule has 0 saturated carbocycles. The fourth-order valence-corrected chi connectivity index (χ4v) is 5.69. The average Bonchev–Trinajstić information content (AvgIpc) is 2.81. The molecule has 0 radical (unpaired) electrons. The summed E-state index contributed by atoms with van der Waals surface area (Å²) in [6, 6.07) is 6.29. The molecule has 1 unspecified atom stereocenters. The van der Waals surface area contributed by atoms with Crippen molar-refractivity contribution in [3.8, 4) is 0 Å². The lowest BCUT2D eigenvalue weighted by Gasteiger charge is -2.29. The average molecular weight is 399 g/mol. The predicted octanol–water partition coefficient (Wildman–Crippen LogP) is 2.99. The first-order valence-corrected chi connectivity index (χ1v) is 10.0. The second-order valence-electron chi connectivity index (χ2n) is 5.72. The second-order valence-corrected chi connectivity index (χ2v) is 9.41. The topological polar surface area (TPSA) is 83.5 Å². The van der Waals surface area contributed by atoms with E-state index < -0.39 is 27.0 Å². The number of rotatable bonds is 2. The Hall–Kier alpha value is -1.90. The molecule has 3 rings (SSSR count). The Kier molecular flexibility index (Phi) is 4.38. The van der Waals surface area contributed by atoms with Crippen LogP contribution in [0.15, 0.2) is 24.3 Å². The number of carbonyl (C=O) groups is 2. The van der Waals surface area contributed by atoms with Crippen LogP contribution in [0.5, 0.6) is 0 Å². The van der Waals surface area contributed by atoms with Crippen LogP contribution in [0, 0.1) is 13.8 Å². The van der Waals surface area contributed by atoms with Gasteiger partial charge in [0.1, 0.15) is 5.00 Å². The Labute approximate surface area is 154 Å². The van der Waals surface area contributed by atoms with E-state index in [1.807, 2.05) is 6.92 Å². The van der Waals surface area contributed by atoms with Gasteiger partial charge >= 0.3 is 0 Å². The van der Waals surface area contributed by atoms with Crippen molar-refractivity contribution >= 4 is 55.3 Å². The molecule has 1 N–H and O–H groups in total. The first-order valence-electron chi connectivity index (χ1n) is 7.33. The Morgan fingerprint density at radius 1 is 1.32 bits per heavy atom. The Morgan fingerprint density at radius 3 is 2.64 bits per heavy atom. The molecule has 0 spiro atoms. The summed E-state index contributed by atoms with van der Waals surface area (Å²) in [4.78, 5) is 26.3. The summed E-state index contributed by atoms with van der Waals surface area (Å²) in [5.74, 6) is -1.59. The van der Waals surface area contributed by atoms with Crippen molar-refractivity contribution in [2.75, 3.05) is 16.7 Å². The Balaban J connectivity index is 2.05. The number of fused-ring (bicyclic) bond motifs is 1. The van der Waals surface area contributed by atoms with Gasteiger partial charge in [-0.25, -0.2) is 8.42 Å². The van der Waals surface area contributed by atoms with E-state index in [4.69, 9.17) is 11.6 Å². The number of carbonyl (C=O) groups excluding carboxylic acids is 2. The van der Waals surface area contributed by atoms with Crippen LogP contribution in [0.4, 0.5) is 10.7 Å². The normalized spacial score (nSPS) is 18.8. The number of anilines is 2. The van der Waals surface area contributed by atoms with Crippen LogP contribution < -0.4 is 9.62 Å². The van der Waals surface area contributed by atoms with E-state index in [2.05, 4.69) is 5.32 Å². The van der Waals surface area contributed by atoms with Crippen molar-refractivity contribution < 1.29 is 18.0 Å². The summed E-state index contributed by atoms with van der Waals surface area (Å²) < 4.78 is 26.5. The first-order chi connectivity index (χ1) is 11.6. The molecule has 1 amide bonds. The van der Waals surface area contributed by atoms with E-state index >= 15 is 0 Å². The second kappa shape index (κ2) is 6.12. The molecule has 1 aromatic carbocycles. The van der Waals surface area contributed by atoms with E-state index in [0.29, 0.717) is 26.8 Å². The van der Waals surface area contributed by atoms with Gasteiger partial charge < -0.3 is 5.32 Å². The van der Waals surface area contributed by atoms with E-state index in [1.54, 1.807) is 25.1 Å². The minimum atomic E-state index is -4.15. The molecule has 1 aliphatic rings. The summed E-state index contributed by atoms with van der Waals surface area (Å²) in [7, 11) is -2.79. The highest BCUT2D eigenvalue weighted by Gasteiger charge is 2.49. The number of nitrogens with zero attached hydrogens (tertiary/aromatic N) is 1. The molecule has 9 heteroatoms. The predicted molar refractivity (Wildman–Crippen MR) is 99.3 cm³/mol. The molecule has 1 aromatic heterocycles. The van der Waals surface area contributed by atoms with Gasteiger partial charge in [0.05, 0.1) is 5.56 Å². The number of amides is 1. The summed E-state index contributed by atoms with van der Waals surface area (Å²) in [6.45, 7) is 3.56. The molecular weight excluding hydrogens is 384 g/mol. The number of sulfonamides is 1. The summed E-state index contributed by atoms with van der Waals surface area (Å²) in [5, 5.41) is 1.39. The summed E-state index contributed by atoms with van der Waals surface area (Å²) >= 11 is 7.10. The van der Waals surface area contributed by atoms with Gasteiger partial charge in [0.15, 0.2) is 5.78 Å². The van der Waals surface area contributed by atoms with Crippen LogP contribution >= 0.6 is 22.9 Å². The third kappa shape index (κ3) is 2.84. The van der Waals surface area contributed by atoms with Crippen LogP contribution in [0.25, 0.3) is 0 Å². The van der Waals surface area contributed by atoms with Crippen LogP contribution in [0.3, 0.4) is 0 Å². The molecule has 25 heavy (non-hydrogen) atoms. The minimum Gasteiger partial charge on any atom is -0.324 e. The fourth-order valence-electron chi connectivity index (χ4n) is 2.69. The van der Waals surface area contributed by atoms with Crippen molar-refractivity contribution in [1.29, 1.82) is 0 Å². The highest BCUT2D eigenvalue weighted by Crippen LogP contribution is 2.41. The molecule has 1 atom stereocenters. The molecule has 0 aliphatic carbocycles. The Bertz CT molecular complexity index is 998. The van der Waals surface area contributed by atoms with Gasteiger partial charge in [-0.05, 0) is 37.6 Å². The van der Waals surface area contributed by atoms with Gasteiger partial charge in [0.2, 0.25) is 5.25 Å². The number of hydrogen-bond acceptors (Lipinski definition) is 5. The molecule has 2 aromatic rings. The molecule has 132 valence electrons. The smallest absolute Gasteiger partial charge is 0.255 e. The van der Waals surface area contributed by atoms with E-state index in [0.717, 1.165) is 9.18 Å². The summed E-state index contributed by atoms with van der Waals surface area (Å²) in [6.07, 6.45) is 0. The van der Waals surface area contributed by atoms with Crippen LogP contribution in [0.1, 0.15) is 20.8 Å². The van der Waals surface area contributed by atoms with E-state index in [9.17, 15) is 18.0 Å². The monoisotopic (exact) mass is 398 g/mol. The largest absolute Gasteiger partial charge is 0.324 e. The maximum atomic E-state index is 12.8. The van der Waals surface area contributed by atoms with Gasteiger partial charge in [-0.2, -0.15) is 0 Å². The number of ketones is 1. The number of thiophene rings is 1. The van der Waals surface area contributed by atoms with E-state index in [-0.39, 0.29) is 0 Å². The van der Waals surface area contributed by atoms with E-state index in [1.165, 1.54) is 24.5 Å². The number of aryl methyl sites for hydroxylation is 1. The molecule has 6 nitrogen and oxygen atoms in total. The lowest BCUT2D eigenvalue weighted by molar-refractivity contribution is -0.115. The van der Waals surface area contributed by atoms with Gasteiger partial charge in [-0.15, -0.1) is 11.3 Å². The summed E-state index contributed by atoms with van der Waals surface area (Å²) in [5.41, 5.74) is 1.32. The zero-order valence-corrected chi connectivity index (χ0v) is 16.1. The number of halogens is 1. The van der Waals surface area contributed by atoms with Gasteiger partial charge in [-0.1, -0.05) is 17.7 Å². The molecule has 1 aliphatic heterocycles. The molecular formula is C16H15ClN2O4S2. The van der Waals surface area contributed by atoms with Crippen molar-refractivity contribution in [2.24, 2.45) is 0 Å². The molecule has 0 saturated heterocycles. The maximum Gasteiger partial charge on any atom is 0.255 e. The molecule has 2 heterocycles. The SMILES string of the molecule is Cc1sc2c(c1C)C(=O)C(C(=O)Nc1cccc(Cl)c1)S(=O)(=O)N2C. The molecule has 0 fully saturated rings. The third-order valence-electron chi connectivity index (χ3n) is 4.15. The van der Waals surface area contributed by atoms with Crippen molar-refractivity contribution in [1.82, 2.24) is 0 Å². The lowest BCUT2D eigenvalue weighted by Crippen LogP contribution is -2.51. The zero-order valence-electron chi connectivity index (χ0n) is 13.7. The Morgan fingerprint density at radius 2 is 2.00 bits per heavy atom. The van der Waals surface area contributed by atoms with Crippen molar-refractivity contribution in [3.05, 3.63) is 45.3 Å². The maximum absolute atomic E-state index is 12.8.